The van der Waals surface area contributed by atoms with Crippen LogP contribution in [0.4, 0.5) is 0 Å². The molecule has 2 rings (SSSR count). The quantitative estimate of drug-likeness (QED) is 0.426. The van der Waals surface area contributed by atoms with Crippen LogP contribution in [0.15, 0.2) is 24.3 Å². The monoisotopic (exact) mass is 391 g/mol. The molecule has 0 atom stereocenters. The molecule has 0 spiro atoms. The molecule has 0 saturated carbocycles. The first kappa shape index (κ1) is 27.4. The van der Waals surface area contributed by atoms with Crippen molar-refractivity contribution in [3.05, 3.63) is 35.4 Å². The first-order valence-electron chi connectivity index (χ1n) is 8.53. The van der Waals surface area contributed by atoms with E-state index >= 15 is 0 Å². The van der Waals surface area contributed by atoms with Gasteiger partial charge in [-0.25, -0.2) is 0 Å². The average Bonchev–Trinajstić information content (AvgIpc) is 2.87. The zero-order chi connectivity index (χ0) is 18.4. The van der Waals surface area contributed by atoms with Crippen molar-refractivity contribution in [1.29, 1.82) is 0 Å². The van der Waals surface area contributed by atoms with Crippen LogP contribution in [0, 0.1) is 0 Å². The van der Waals surface area contributed by atoms with Crippen molar-refractivity contribution in [3.8, 4) is 0 Å². The van der Waals surface area contributed by atoms with E-state index in [1.54, 1.807) is 6.26 Å². The van der Waals surface area contributed by atoms with Crippen molar-refractivity contribution in [3.63, 3.8) is 0 Å². The van der Waals surface area contributed by atoms with Crippen LogP contribution in [-0.4, -0.2) is 36.7 Å². The normalized spacial score (nSPS) is 12.0. The van der Waals surface area contributed by atoms with E-state index < -0.39 is 0 Å². The van der Waals surface area contributed by atoms with Gasteiger partial charge in [0.05, 0.1) is 7.11 Å². The van der Waals surface area contributed by atoms with Crippen molar-refractivity contribution in [2.45, 2.75) is 52.5 Å². The summed E-state index contributed by atoms with van der Waals surface area (Å²) in [6.07, 6.45) is 4.90. The zero-order valence-corrected chi connectivity index (χ0v) is 20.3. The maximum Gasteiger partial charge on any atom is 1.00 e. The van der Waals surface area contributed by atoms with Crippen LogP contribution in [0.5, 0.6) is 0 Å². The van der Waals surface area contributed by atoms with E-state index in [9.17, 15) is 9.59 Å². The molecule has 1 heterocycles. The van der Waals surface area contributed by atoms with Gasteiger partial charge < -0.3 is 22.3 Å². The molecule has 0 N–H and O–H groups in total. The Morgan fingerprint density at radius 1 is 1.12 bits per heavy atom. The number of amides is 1. The second kappa shape index (κ2) is 17.6. The van der Waals surface area contributed by atoms with Gasteiger partial charge in [0.15, 0.2) is 0 Å². The maximum atomic E-state index is 12.2. The van der Waals surface area contributed by atoms with Crippen molar-refractivity contribution in [2.24, 2.45) is 0 Å². The number of ether oxygens (including phenoxy) is 1. The summed E-state index contributed by atoms with van der Waals surface area (Å²) in [5.41, 5.74) is 2.59. The molecule has 0 saturated heterocycles. The largest absolute Gasteiger partial charge is 1.00 e. The standard InChI is InChI=1S/C16H21NO3.C2H6.CH4S.K/c1-20-16(19)10-4-9-15(18)17-11-5-8-13-6-2-3-7-14(13)12-17;2*1-2;/h2-3,6-7H,4-5,8-12H2,1H3;1-2H3;2H,1H3;/q;;;+1/p-1. The number of hydrogen-bond acceptors (Lipinski definition) is 4. The molecule has 1 aliphatic heterocycles. The fourth-order valence-electron chi connectivity index (χ4n) is 2.56. The number of esters is 1. The van der Waals surface area contributed by atoms with E-state index in [1.807, 2.05) is 30.9 Å². The van der Waals surface area contributed by atoms with Gasteiger partial charge in [-0.2, -0.15) is 6.26 Å². The van der Waals surface area contributed by atoms with Gasteiger partial charge in [-0.05, 0) is 30.4 Å². The van der Waals surface area contributed by atoms with Crippen LogP contribution in [0.25, 0.3) is 0 Å². The second-order valence-electron chi connectivity index (χ2n) is 5.12. The van der Waals surface area contributed by atoms with Gasteiger partial charge in [-0.1, -0.05) is 38.1 Å². The Bertz CT molecular complexity index is 497. The average molecular weight is 392 g/mol. The SMILES string of the molecule is CC.COC(=O)CCCC(=O)N1CCCc2ccccc2C1.C[S-].[K+]. The fourth-order valence-corrected chi connectivity index (χ4v) is 2.56. The molecule has 1 amide bonds. The summed E-state index contributed by atoms with van der Waals surface area (Å²) >= 11 is 4.08. The van der Waals surface area contributed by atoms with Gasteiger partial charge in [0.25, 0.3) is 0 Å². The van der Waals surface area contributed by atoms with Gasteiger partial charge in [-0.3, -0.25) is 9.59 Å². The molecule has 4 nitrogen and oxygen atoms in total. The van der Waals surface area contributed by atoms with E-state index in [-0.39, 0.29) is 63.3 Å². The smallest absolute Gasteiger partial charge is 0.796 e. The van der Waals surface area contributed by atoms with Crippen LogP contribution in [0.1, 0.15) is 50.7 Å². The minimum atomic E-state index is -0.251. The summed E-state index contributed by atoms with van der Waals surface area (Å²) < 4.78 is 4.58. The number of aryl methyl sites for hydroxylation is 1. The van der Waals surface area contributed by atoms with Crippen molar-refractivity contribution in [2.75, 3.05) is 19.9 Å². The Morgan fingerprint density at radius 3 is 2.32 bits per heavy atom. The summed E-state index contributed by atoms with van der Waals surface area (Å²) in [5.74, 6) is -0.121. The molecule has 136 valence electrons. The molecular weight excluding hydrogens is 361 g/mol. The number of hydrogen-bond donors (Lipinski definition) is 0. The van der Waals surface area contributed by atoms with Crippen molar-refractivity contribution in [1.82, 2.24) is 4.90 Å². The molecule has 0 aliphatic carbocycles. The molecule has 0 fully saturated rings. The molecule has 0 aromatic heterocycles. The van der Waals surface area contributed by atoms with Crippen molar-refractivity contribution >= 4 is 24.5 Å². The van der Waals surface area contributed by atoms with E-state index in [2.05, 4.69) is 29.5 Å². The minimum absolute atomic E-state index is 0. The topological polar surface area (TPSA) is 46.6 Å². The molecular formula is C19H30KNO3S. The van der Waals surface area contributed by atoms with Crippen LogP contribution < -0.4 is 51.4 Å². The first-order chi connectivity index (χ1) is 11.7. The third-order valence-electron chi connectivity index (χ3n) is 3.71. The summed E-state index contributed by atoms with van der Waals surface area (Å²) in [5, 5.41) is 0. The molecule has 0 bridgehead atoms. The maximum absolute atomic E-state index is 12.2. The summed E-state index contributed by atoms with van der Waals surface area (Å²) in [6, 6.07) is 8.30. The number of carbonyl (C=O) groups excluding carboxylic acids is 2. The van der Waals surface area contributed by atoms with E-state index in [4.69, 9.17) is 0 Å². The Hall–Kier alpha value is 0.146. The van der Waals surface area contributed by atoms with E-state index in [1.165, 1.54) is 18.2 Å². The third-order valence-corrected chi connectivity index (χ3v) is 3.71. The fraction of sp³-hybridized carbons (Fsp3) is 0.579. The molecule has 1 aromatic carbocycles. The number of nitrogens with zero attached hydrogens (tertiary/aromatic N) is 1. The predicted molar refractivity (Wildman–Crippen MR) is 101 cm³/mol. The molecule has 0 unspecified atom stereocenters. The second-order valence-corrected chi connectivity index (χ2v) is 5.12. The van der Waals surface area contributed by atoms with Gasteiger partial charge in [0.1, 0.15) is 0 Å². The molecule has 1 aliphatic rings. The van der Waals surface area contributed by atoms with E-state index in [0.29, 0.717) is 25.8 Å². The number of rotatable bonds is 4. The Kier molecular flexibility index (Phi) is 19.2. The molecule has 6 heteroatoms. The number of benzene rings is 1. The van der Waals surface area contributed by atoms with Crippen molar-refractivity contribution < 1.29 is 65.7 Å². The zero-order valence-electron chi connectivity index (χ0n) is 16.3. The van der Waals surface area contributed by atoms with Crippen LogP contribution in [0.2, 0.25) is 0 Å². The number of methoxy groups -OCH3 is 1. The minimum Gasteiger partial charge on any atom is -0.796 e. The van der Waals surface area contributed by atoms with Gasteiger partial charge in [0.2, 0.25) is 5.91 Å². The Morgan fingerprint density at radius 2 is 1.72 bits per heavy atom. The van der Waals surface area contributed by atoms with Crippen LogP contribution >= 0.6 is 0 Å². The summed E-state index contributed by atoms with van der Waals surface area (Å²) in [4.78, 5) is 25.2. The van der Waals surface area contributed by atoms with Crippen LogP contribution in [0.3, 0.4) is 0 Å². The number of carbonyl (C=O) groups is 2. The number of fused-ring (bicyclic) bond motifs is 1. The predicted octanol–water partition coefficient (Wildman–Crippen LogP) is 0.498. The molecule has 0 radical (unpaired) electrons. The van der Waals surface area contributed by atoms with Gasteiger partial charge >= 0.3 is 57.4 Å². The summed E-state index contributed by atoms with van der Waals surface area (Å²) in [7, 11) is 1.37. The summed E-state index contributed by atoms with van der Waals surface area (Å²) in [6.45, 7) is 5.49. The first-order valence-corrected chi connectivity index (χ1v) is 9.34. The Balaban J connectivity index is 0. The van der Waals surface area contributed by atoms with Gasteiger partial charge in [-0.15, -0.1) is 0 Å². The molecule has 1 aromatic rings. The molecule has 25 heavy (non-hydrogen) atoms. The van der Waals surface area contributed by atoms with E-state index in [0.717, 1.165) is 19.4 Å². The Labute approximate surface area is 200 Å². The van der Waals surface area contributed by atoms with Gasteiger partial charge in [0, 0.05) is 25.9 Å². The third kappa shape index (κ3) is 10.8. The van der Waals surface area contributed by atoms with Crippen LogP contribution in [-0.2, 0) is 39.9 Å².